The Morgan fingerprint density at radius 1 is 1.67 bits per heavy atom. The lowest BCUT2D eigenvalue weighted by Gasteiger charge is -2.31. The van der Waals surface area contributed by atoms with Gasteiger partial charge >= 0.3 is 0 Å². The molecule has 0 aromatic carbocycles. The molecule has 1 N–H and O–H groups in total. The highest BCUT2D eigenvalue weighted by Crippen LogP contribution is 2.10. The fourth-order valence-electron chi connectivity index (χ4n) is 1.92. The molecule has 1 fully saturated rings. The van der Waals surface area contributed by atoms with Gasteiger partial charge in [-0.1, -0.05) is 6.07 Å². The van der Waals surface area contributed by atoms with Crippen LogP contribution in [0, 0.1) is 5.95 Å². The van der Waals surface area contributed by atoms with E-state index in [4.69, 9.17) is 4.74 Å². The number of ether oxygens (including phenoxy) is 1. The van der Waals surface area contributed by atoms with Crippen molar-refractivity contribution < 1.29 is 13.9 Å². The molecule has 5 nitrogen and oxygen atoms in total. The molecule has 0 bridgehead atoms. The summed E-state index contributed by atoms with van der Waals surface area (Å²) in [6.07, 6.45) is 1.08. The zero-order chi connectivity index (χ0) is 13.0. The summed E-state index contributed by atoms with van der Waals surface area (Å²) in [5.41, 5.74) is 0.925. The molecular weight excluding hydrogens is 237 g/mol. The first kappa shape index (κ1) is 12.9. The molecule has 1 amide bonds. The van der Waals surface area contributed by atoms with Gasteiger partial charge in [-0.25, -0.2) is 4.98 Å². The SMILES string of the molecule is CNC(=O)[C@H]1CN(Cc2ccc(F)nc2)CCO1. The van der Waals surface area contributed by atoms with Gasteiger partial charge in [-0.05, 0) is 11.6 Å². The predicted octanol–water partition coefficient (Wildman–Crippen LogP) is 0.167. The maximum Gasteiger partial charge on any atom is 0.250 e. The molecule has 1 aromatic rings. The van der Waals surface area contributed by atoms with Gasteiger partial charge in [-0.3, -0.25) is 9.69 Å². The van der Waals surface area contributed by atoms with E-state index in [0.717, 1.165) is 12.1 Å². The molecule has 1 aliphatic heterocycles. The summed E-state index contributed by atoms with van der Waals surface area (Å²) >= 11 is 0. The van der Waals surface area contributed by atoms with Crippen molar-refractivity contribution in [1.82, 2.24) is 15.2 Å². The normalized spacial score (nSPS) is 20.7. The predicted molar refractivity (Wildman–Crippen MR) is 63.3 cm³/mol. The lowest BCUT2D eigenvalue weighted by Crippen LogP contribution is -2.48. The van der Waals surface area contributed by atoms with E-state index in [2.05, 4.69) is 15.2 Å². The number of aromatic nitrogens is 1. The van der Waals surface area contributed by atoms with Gasteiger partial charge in [-0.15, -0.1) is 0 Å². The van der Waals surface area contributed by atoms with Crippen molar-refractivity contribution in [2.75, 3.05) is 26.7 Å². The second-order valence-corrected chi connectivity index (χ2v) is 4.20. The van der Waals surface area contributed by atoms with Gasteiger partial charge in [0.1, 0.15) is 6.10 Å². The summed E-state index contributed by atoms with van der Waals surface area (Å²) < 4.78 is 18.1. The topological polar surface area (TPSA) is 54.5 Å². The van der Waals surface area contributed by atoms with Crippen molar-refractivity contribution >= 4 is 5.91 Å². The number of likely N-dealkylation sites (N-methyl/N-ethyl adjacent to an activating group) is 1. The van der Waals surface area contributed by atoms with Crippen LogP contribution in [0.1, 0.15) is 5.56 Å². The standard InChI is InChI=1S/C12H16FN3O2/c1-14-12(17)10-8-16(4-5-18-10)7-9-2-3-11(13)15-6-9/h2-3,6,10H,4-5,7-8H2,1H3,(H,14,17)/t10-/m1/s1. The summed E-state index contributed by atoms with van der Waals surface area (Å²) in [5.74, 6) is -0.596. The molecule has 1 aromatic heterocycles. The molecule has 2 rings (SSSR count). The van der Waals surface area contributed by atoms with Crippen LogP contribution in [0.4, 0.5) is 4.39 Å². The second-order valence-electron chi connectivity index (χ2n) is 4.20. The molecule has 1 aliphatic rings. The largest absolute Gasteiger partial charge is 0.366 e. The van der Waals surface area contributed by atoms with Crippen LogP contribution in [-0.4, -0.2) is 48.6 Å². The molecule has 0 saturated carbocycles. The third-order valence-corrected chi connectivity index (χ3v) is 2.88. The third-order valence-electron chi connectivity index (χ3n) is 2.88. The quantitative estimate of drug-likeness (QED) is 0.780. The number of nitrogens with zero attached hydrogens (tertiary/aromatic N) is 2. The monoisotopic (exact) mass is 253 g/mol. The van der Waals surface area contributed by atoms with Crippen LogP contribution in [-0.2, 0) is 16.1 Å². The first-order valence-corrected chi connectivity index (χ1v) is 5.85. The van der Waals surface area contributed by atoms with Crippen molar-refractivity contribution in [2.45, 2.75) is 12.6 Å². The van der Waals surface area contributed by atoms with Crippen LogP contribution in [0.5, 0.6) is 0 Å². The number of hydrogen-bond donors (Lipinski definition) is 1. The van der Waals surface area contributed by atoms with Gasteiger partial charge in [-0.2, -0.15) is 4.39 Å². The average molecular weight is 253 g/mol. The number of hydrogen-bond acceptors (Lipinski definition) is 4. The zero-order valence-electron chi connectivity index (χ0n) is 10.2. The Hall–Kier alpha value is -1.53. The molecular formula is C12H16FN3O2. The molecule has 0 radical (unpaired) electrons. The van der Waals surface area contributed by atoms with E-state index in [1.807, 2.05) is 0 Å². The number of pyridine rings is 1. The Kier molecular flexibility index (Phi) is 4.22. The van der Waals surface area contributed by atoms with E-state index in [1.165, 1.54) is 12.3 Å². The highest BCUT2D eigenvalue weighted by Gasteiger charge is 2.25. The first-order valence-electron chi connectivity index (χ1n) is 5.85. The lowest BCUT2D eigenvalue weighted by molar-refractivity contribution is -0.138. The molecule has 18 heavy (non-hydrogen) atoms. The Labute approximate surface area is 105 Å². The van der Waals surface area contributed by atoms with E-state index < -0.39 is 12.1 Å². The highest BCUT2D eigenvalue weighted by atomic mass is 19.1. The Balaban J connectivity index is 1.93. The molecule has 2 heterocycles. The van der Waals surface area contributed by atoms with Crippen LogP contribution in [0.3, 0.4) is 0 Å². The number of halogens is 1. The third kappa shape index (κ3) is 3.24. The molecule has 1 atom stereocenters. The van der Waals surface area contributed by atoms with Crippen molar-refractivity contribution in [3.05, 3.63) is 29.8 Å². The Morgan fingerprint density at radius 2 is 2.50 bits per heavy atom. The number of nitrogens with one attached hydrogen (secondary N) is 1. The van der Waals surface area contributed by atoms with E-state index in [1.54, 1.807) is 13.1 Å². The average Bonchev–Trinajstić information content (AvgIpc) is 2.41. The fraction of sp³-hybridized carbons (Fsp3) is 0.500. The van der Waals surface area contributed by atoms with Crippen LogP contribution >= 0.6 is 0 Å². The van der Waals surface area contributed by atoms with Gasteiger partial charge in [0.2, 0.25) is 11.9 Å². The molecule has 6 heteroatoms. The van der Waals surface area contributed by atoms with Gasteiger partial charge < -0.3 is 10.1 Å². The van der Waals surface area contributed by atoms with Crippen molar-refractivity contribution in [3.63, 3.8) is 0 Å². The highest BCUT2D eigenvalue weighted by molar-refractivity contribution is 5.80. The second kappa shape index (κ2) is 5.88. The van der Waals surface area contributed by atoms with Crippen molar-refractivity contribution in [1.29, 1.82) is 0 Å². The maximum absolute atomic E-state index is 12.7. The maximum atomic E-state index is 12.7. The number of rotatable bonds is 3. The first-order chi connectivity index (χ1) is 8.69. The Bertz CT molecular complexity index is 410. The van der Waals surface area contributed by atoms with Gasteiger partial charge in [0.05, 0.1) is 6.61 Å². The van der Waals surface area contributed by atoms with E-state index in [9.17, 15) is 9.18 Å². The van der Waals surface area contributed by atoms with Gasteiger partial charge in [0.25, 0.3) is 0 Å². The van der Waals surface area contributed by atoms with E-state index in [-0.39, 0.29) is 5.91 Å². The minimum absolute atomic E-state index is 0.114. The zero-order valence-corrected chi connectivity index (χ0v) is 10.2. The smallest absolute Gasteiger partial charge is 0.250 e. The molecule has 98 valence electrons. The summed E-state index contributed by atoms with van der Waals surface area (Å²) in [7, 11) is 1.59. The minimum Gasteiger partial charge on any atom is -0.366 e. The van der Waals surface area contributed by atoms with E-state index >= 15 is 0 Å². The fourth-order valence-corrected chi connectivity index (χ4v) is 1.92. The van der Waals surface area contributed by atoms with Gasteiger partial charge in [0, 0.05) is 32.9 Å². The molecule has 1 saturated heterocycles. The number of carbonyl (C=O) groups is 1. The van der Waals surface area contributed by atoms with Crippen LogP contribution in [0.25, 0.3) is 0 Å². The number of amides is 1. The molecule has 0 spiro atoms. The van der Waals surface area contributed by atoms with Crippen LogP contribution < -0.4 is 5.32 Å². The molecule has 0 aliphatic carbocycles. The summed E-state index contributed by atoms with van der Waals surface area (Å²) in [5, 5.41) is 2.57. The van der Waals surface area contributed by atoms with Crippen molar-refractivity contribution in [2.24, 2.45) is 0 Å². The molecule has 0 unspecified atom stereocenters. The van der Waals surface area contributed by atoms with Crippen molar-refractivity contribution in [3.8, 4) is 0 Å². The van der Waals surface area contributed by atoms with E-state index in [0.29, 0.717) is 19.7 Å². The lowest BCUT2D eigenvalue weighted by atomic mass is 10.2. The van der Waals surface area contributed by atoms with Crippen LogP contribution in [0.2, 0.25) is 0 Å². The summed E-state index contributed by atoms with van der Waals surface area (Å²) in [4.78, 5) is 17.2. The van der Waals surface area contributed by atoms with Crippen LogP contribution in [0.15, 0.2) is 18.3 Å². The summed E-state index contributed by atoms with van der Waals surface area (Å²) in [6.45, 7) is 2.46. The Morgan fingerprint density at radius 3 is 3.17 bits per heavy atom. The summed E-state index contributed by atoms with van der Waals surface area (Å²) in [6, 6.07) is 3.04. The number of carbonyl (C=O) groups excluding carboxylic acids is 1. The number of morpholine rings is 1. The minimum atomic E-state index is -0.482. The van der Waals surface area contributed by atoms with Gasteiger partial charge in [0.15, 0.2) is 0 Å².